The number of rotatable bonds is 16. The van der Waals surface area contributed by atoms with Crippen LogP contribution in [0.15, 0.2) is 35.5 Å². The molecule has 412 valence electrons. The maximum Gasteiger partial charge on any atom is 0.339 e. The van der Waals surface area contributed by atoms with Crippen LogP contribution in [0.2, 0.25) is 0 Å². The Labute approximate surface area is 433 Å². The minimum atomic E-state index is -1.57. The fourth-order valence-corrected chi connectivity index (χ4v) is 12.7. The standard InChI is InChI=1S/C54H76O20/c1-26(15-16-27(2)52(9,10)74-51-47(70-33(8)60)43(68-31(6)58)41(66-29(4)56)45(73-51)49(62)64-14)37-19-20-38-36-18-17-34-25-35(21-23-53(34,11)39(36)22-24-54(37,38)12)71-50-46(69-32(7)59)42(67-30(5)57)40(65-28(3)55)44(72-50)48(61)63-13/h15-18,26-27,35,37-47,50-51H,19-25H2,1-14H3/b16-15+/t26-,27+,35+,37-,38+,39+,40+,41+,42+,43+,44+,45+,46-,47-,50-,51+,53+,54-/m1/s1. The van der Waals surface area contributed by atoms with Crippen molar-refractivity contribution in [3.05, 3.63) is 35.5 Å². The Bertz CT molecular complexity index is 2250. The van der Waals surface area contributed by atoms with Crippen molar-refractivity contribution in [3.63, 3.8) is 0 Å². The molecule has 0 N–H and O–H groups in total. The third-order valence-electron chi connectivity index (χ3n) is 16.4. The lowest BCUT2D eigenvalue weighted by Gasteiger charge is -2.55. The lowest BCUT2D eigenvalue weighted by Crippen LogP contribution is -2.65. The highest BCUT2D eigenvalue weighted by Crippen LogP contribution is 2.66. The zero-order chi connectivity index (χ0) is 54.8. The quantitative estimate of drug-likeness (QED) is 0.0994. The molecule has 0 aromatic rings. The van der Waals surface area contributed by atoms with Crippen molar-refractivity contribution in [3.8, 4) is 0 Å². The molecule has 6 rings (SSSR count). The number of carbonyl (C=O) groups is 8. The van der Waals surface area contributed by atoms with Gasteiger partial charge in [0, 0.05) is 47.5 Å². The minimum Gasteiger partial charge on any atom is -0.467 e. The lowest BCUT2D eigenvalue weighted by molar-refractivity contribution is -0.324. The SMILES string of the molecule is COC(=O)[C@H]1O[C@@H](O[C@H]2CC[C@@]3(C)C(=CC=C4[C@@H]5CC[C@H]([C@H](C)/C=C/[C@H](C)C(C)(C)O[C@@H]6O[C@H](C(=O)OC)[C@@H](OC(C)=O)[C@H](OC(C)=O)[C@H]6OC(C)=O)[C@@]5(C)CC[C@@H]43)C2)[C@H](OC(C)=O)[C@@H](OC(C)=O)[C@@H]1OC(C)=O. The van der Waals surface area contributed by atoms with Crippen LogP contribution in [-0.2, 0) is 95.2 Å². The molecule has 5 fully saturated rings. The van der Waals surface area contributed by atoms with Crippen LogP contribution >= 0.6 is 0 Å². The largest absolute Gasteiger partial charge is 0.467 e. The molecule has 4 aliphatic carbocycles. The third-order valence-corrected chi connectivity index (χ3v) is 16.4. The molecule has 0 radical (unpaired) electrons. The Morgan fingerprint density at radius 1 is 0.595 bits per heavy atom. The highest BCUT2D eigenvalue weighted by molar-refractivity contribution is 5.78. The molecule has 0 bridgehead atoms. The summed E-state index contributed by atoms with van der Waals surface area (Å²) in [4.78, 5) is 100. The molecule has 2 heterocycles. The first-order valence-corrected chi connectivity index (χ1v) is 25.6. The Kier molecular flexibility index (Phi) is 18.3. The van der Waals surface area contributed by atoms with Crippen LogP contribution < -0.4 is 0 Å². The lowest BCUT2D eigenvalue weighted by atomic mass is 9.50. The summed E-state index contributed by atoms with van der Waals surface area (Å²) >= 11 is 0. The Morgan fingerprint density at radius 3 is 1.57 bits per heavy atom. The van der Waals surface area contributed by atoms with Crippen molar-refractivity contribution in [1.82, 2.24) is 0 Å². The van der Waals surface area contributed by atoms with E-state index in [0.29, 0.717) is 30.6 Å². The van der Waals surface area contributed by atoms with Gasteiger partial charge in [0.25, 0.3) is 0 Å². The van der Waals surface area contributed by atoms with Gasteiger partial charge in [-0.25, -0.2) is 9.59 Å². The summed E-state index contributed by atoms with van der Waals surface area (Å²) in [5.74, 6) is -5.43. The van der Waals surface area contributed by atoms with E-state index in [4.69, 9.17) is 56.8 Å². The van der Waals surface area contributed by atoms with Crippen LogP contribution in [0.3, 0.4) is 0 Å². The van der Waals surface area contributed by atoms with Gasteiger partial charge in [-0.1, -0.05) is 63.1 Å². The highest BCUT2D eigenvalue weighted by atomic mass is 16.8. The number of ether oxygens (including phenoxy) is 12. The van der Waals surface area contributed by atoms with Crippen molar-refractivity contribution in [2.45, 2.75) is 201 Å². The molecule has 18 atom stereocenters. The summed E-state index contributed by atoms with van der Waals surface area (Å²) in [6, 6.07) is 0. The highest BCUT2D eigenvalue weighted by Gasteiger charge is 2.60. The van der Waals surface area contributed by atoms with E-state index in [1.807, 2.05) is 20.8 Å². The maximum atomic E-state index is 13.0. The fraction of sp³-hybridized carbons (Fsp3) is 0.741. The Hall–Kier alpha value is -5.18. The summed E-state index contributed by atoms with van der Waals surface area (Å²) in [5, 5.41) is 0. The third kappa shape index (κ3) is 12.4. The van der Waals surface area contributed by atoms with E-state index in [0.717, 1.165) is 80.9 Å². The van der Waals surface area contributed by atoms with E-state index in [-0.39, 0.29) is 22.7 Å². The Balaban J connectivity index is 1.17. The molecular formula is C54H76O20. The second-order valence-corrected chi connectivity index (χ2v) is 21.7. The number of hydrogen-bond donors (Lipinski definition) is 0. The molecule has 20 nitrogen and oxygen atoms in total. The van der Waals surface area contributed by atoms with Gasteiger partial charge in [-0.3, -0.25) is 28.8 Å². The van der Waals surface area contributed by atoms with E-state index >= 15 is 0 Å². The zero-order valence-corrected chi connectivity index (χ0v) is 45.2. The molecule has 20 heteroatoms. The first kappa shape index (κ1) is 58.1. The molecule has 2 saturated heterocycles. The number of methoxy groups -OCH3 is 2. The van der Waals surface area contributed by atoms with Crippen LogP contribution in [0, 0.1) is 40.4 Å². The monoisotopic (exact) mass is 1040 g/mol. The first-order valence-electron chi connectivity index (χ1n) is 25.6. The predicted molar refractivity (Wildman–Crippen MR) is 257 cm³/mol. The molecular weight excluding hydrogens is 969 g/mol. The van der Waals surface area contributed by atoms with Crippen molar-refractivity contribution < 1.29 is 95.2 Å². The van der Waals surface area contributed by atoms with E-state index < -0.39 is 121 Å². The molecule has 6 aliphatic rings. The van der Waals surface area contributed by atoms with Crippen LogP contribution in [0.25, 0.3) is 0 Å². The summed E-state index contributed by atoms with van der Waals surface area (Å²) < 4.78 is 68.4. The average Bonchev–Trinajstić information content (AvgIpc) is 3.67. The van der Waals surface area contributed by atoms with Crippen molar-refractivity contribution in [1.29, 1.82) is 0 Å². The van der Waals surface area contributed by atoms with Gasteiger partial charge in [0.1, 0.15) is 0 Å². The van der Waals surface area contributed by atoms with Gasteiger partial charge >= 0.3 is 47.8 Å². The number of hydrogen-bond acceptors (Lipinski definition) is 20. The summed E-state index contributed by atoms with van der Waals surface area (Å²) in [7, 11) is 2.28. The summed E-state index contributed by atoms with van der Waals surface area (Å²) in [5.41, 5.74) is 1.55. The zero-order valence-electron chi connectivity index (χ0n) is 45.2. The fourth-order valence-electron chi connectivity index (χ4n) is 12.7. The summed E-state index contributed by atoms with van der Waals surface area (Å²) in [6.45, 7) is 19.5. The van der Waals surface area contributed by atoms with Gasteiger partial charge in [-0.15, -0.1) is 0 Å². The van der Waals surface area contributed by atoms with Crippen LogP contribution in [0.4, 0.5) is 0 Å². The number of esters is 8. The molecule has 0 spiro atoms. The van der Waals surface area contributed by atoms with Gasteiger partial charge in [-0.05, 0) is 93.3 Å². The second kappa shape index (κ2) is 23.4. The van der Waals surface area contributed by atoms with Crippen LogP contribution in [-0.4, -0.2) is 135 Å². The first-order chi connectivity index (χ1) is 34.6. The van der Waals surface area contributed by atoms with E-state index in [1.54, 1.807) is 0 Å². The van der Waals surface area contributed by atoms with Gasteiger partial charge in [0.2, 0.25) is 0 Å². The van der Waals surface area contributed by atoms with E-state index in [9.17, 15) is 38.4 Å². The maximum absolute atomic E-state index is 13.0. The molecule has 0 aromatic carbocycles. The van der Waals surface area contributed by atoms with Gasteiger partial charge in [0.05, 0.1) is 25.9 Å². The van der Waals surface area contributed by atoms with Crippen LogP contribution in [0.5, 0.6) is 0 Å². The van der Waals surface area contributed by atoms with Gasteiger partial charge < -0.3 is 56.8 Å². The van der Waals surface area contributed by atoms with E-state index in [1.165, 1.54) is 18.1 Å². The summed E-state index contributed by atoms with van der Waals surface area (Å²) in [6.07, 6.45) is -0.116. The minimum absolute atomic E-state index is 0.0202. The molecule has 0 amide bonds. The predicted octanol–water partition coefficient (Wildman–Crippen LogP) is 5.88. The smallest absolute Gasteiger partial charge is 0.339 e. The molecule has 74 heavy (non-hydrogen) atoms. The van der Waals surface area contributed by atoms with Crippen LogP contribution in [0.1, 0.15) is 128 Å². The molecule has 0 aromatic heterocycles. The number of allylic oxidation sites excluding steroid dienone is 4. The number of fused-ring (bicyclic) bond motifs is 5. The Morgan fingerprint density at radius 2 is 1.07 bits per heavy atom. The number of carbonyl (C=O) groups excluding carboxylic acids is 8. The molecule has 0 unspecified atom stereocenters. The van der Waals surface area contributed by atoms with E-state index in [2.05, 4.69) is 45.1 Å². The van der Waals surface area contributed by atoms with Crippen molar-refractivity contribution in [2.24, 2.45) is 40.4 Å². The topological polar surface area (TPSA) is 247 Å². The van der Waals surface area contributed by atoms with Gasteiger partial charge in [-0.2, -0.15) is 0 Å². The van der Waals surface area contributed by atoms with Gasteiger partial charge in [0.15, 0.2) is 61.4 Å². The molecule has 2 aliphatic heterocycles. The molecule has 3 saturated carbocycles. The van der Waals surface area contributed by atoms with Crippen molar-refractivity contribution >= 4 is 47.8 Å². The second-order valence-electron chi connectivity index (χ2n) is 21.7. The van der Waals surface area contributed by atoms with Crippen molar-refractivity contribution in [2.75, 3.05) is 14.2 Å². The normalized spacial score (nSPS) is 36.4. The average molecular weight is 1050 g/mol.